The molecule has 4 heterocycles. The number of hydrogen-bond acceptors (Lipinski definition) is 5. The van der Waals surface area contributed by atoms with Crippen molar-refractivity contribution >= 4 is 29.5 Å². The van der Waals surface area contributed by atoms with E-state index in [1.165, 1.54) is 0 Å². The minimum atomic E-state index is -0.789. The zero-order valence-corrected chi connectivity index (χ0v) is 20.1. The number of thioether (sulfide) groups is 1. The summed E-state index contributed by atoms with van der Waals surface area (Å²) in [6.07, 6.45) is 10.9. The van der Waals surface area contributed by atoms with Crippen molar-refractivity contribution in [2.24, 2.45) is 11.8 Å². The van der Waals surface area contributed by atoms with E-state index < -0.39 is 28.7 Å². The summed E-state index contributed by atoms with van der Waals surface area (Å²) >= 11 is 1.60. The Labute approximate surface area is 194 Å². The van der Waals surface area contributed by atoms with Crippen LogP contribution in [0.2, 0.25) is 0 Å². The molecule has 0 bridgehead atoms. The van der Waals surface area contributed by atoms with Crippen molar-refractivity contribution < 1.29 is 19.5 Å². The standard InChI is InChI=1S/C24H35N3O4S/c1-4-6-12-26-14-8-10-24-19(22(30)27(16(3)15-28)20(24)23(26)31)18-17(32-24)9-7-13-25(11-5-2)21(18)29/h7-10,16-20,28H,4-6,11-15H2,1-3H3/t16-,17-,18+,19+,20?,24+/m1/s1. The minimum Gasteiger partial charge on any atom is -0.394 e. The normalized spacial score (nSPS) is 35.0. The van der Waals surface area contributed by atoms with Crippen LogP contribution in [-0.2, 0) is 14.4 Å². The average molecular weight is 462 g/mol. The van der Waals surface area contributed by atoms with Crippen molar-refractivity contribution in [3.8, 4) is 0 Å². The van der Waals surface area contributed by atoms with Crippen LogP contribution in [0, 0.1) is 11.8 Å². The summed E-state index contributed by atoms with van der Waals surface area (Å²) < 4.78 is -0.789. The molecule has 4 aliphatic rings. The number of hydrogen-bond donors (Lipinski definition) is 1. The molecule has 4 aliphatic heterocycles. The predicted octanol–water partition coefficient (Wildman–Crippen LogP) is 1.67. The number of unbranched alkanes of at least 4 members (excludes halogenated alkanes) is 1. The largest absolute Gasteiger partial charge is 0.394 e. The highest BCUT2D eigenvalue weighted by atomic mass is 32.2. The number of rotatable bonds is 7. The van der Waals surface area contributed by atoms with Crippen LogP contribution < -0.4 is 0 Å². The van der Waals surface area contributed by atoms with E-state index in [-0.39, 0.29) is 29.6 Å². The van der Waals surface area contributed by atoms with Gasteiger partial charge in [0.25, 0.3) is 0 Å². The highest BCUT2D eigenvalue weighted by molar-refractivity contribution is 8.02. The maximum absolute atomic E-state index is 13.9. The van der Waals surface area contributed by atoms with Gasteiger partial charge in [-0.15, -0.1) is 11.8 Å². The highest BCUT2D eigenvalue weighted by Crippen LogP contribution is 2.61. The Balaban J connectivity index is 1.79. The summed E-state index contributed by atoms with van der Waals surface area (Å²) in [5.74, 6) is -1.32. The lowest BCUT2D eigenvalue weighted by atomic mass is 9.78. The molecule has 0 radical (unpaired) electrons. The molecule has 1 N–H and O–H groups in total. The van der Waals surface area contributed by atoms with Crippen molar-refractivity contribution in [2.45, 2.75) is 62.1 Å². The zero-order chi connectivity index (χ0) is 23.0. The Hall–Kier alpha value is -1.80. The third-order valence-corrected chi connectivity index (χ3v) is 9.02. The molecule has 1 unspecified atom stereocenters. The molecule has 4 rings (SSSR count). The number of aliphatic hydroxyl groups is 1. The van der Waals surface area contributed by atoms with E-state index in [2.05, 4.69) is 13.0 Å². The molecule has 0 aromatic rings. The van der Waals surface area contributed by atoms with Gasteiger partial charge in [-0.2, -0.15) is 0 Å². The molecule has 2 fully saturated rings. The molecule has 0 aromatic heterocycles. The first-order valence-electron chi connectivity index (χ1n) is 11.9. The number of aliphatic hydroxyl groups excluding tert-OH is 1. The van der Waals surface area contributed by atoms with Crippen LogP contribution in [0.1, 0.15) is 40.0 Å². The molecule has 0 aromatic carbocycles. The van der Waals surface area contributed by atoms with Gasteiger partial charge in [-0.3, -0.25) is 14.4 Å². The lowest BCUT2D eigenvalue weighted by Crippen LogP contribution is -2.56. The smallest absolute Gasteiger partial charge is 0.247 e. The van der Waals surface area contributed by atoms with Crippen LogP contribution in [0.15, 0.2) is 24.3 Å². The summed E-state index contributed by atoms with van der Waals surface area (Å²) in [7, 11) is 0. The second-order valence-corrected chi connectivity index (χ2v) is 10.9. The van der Waals surface area contributed by atoms with Gasteiger partial charge in [0, 0.05) is 31.4 Å². The fourth-order valence-corrected chi connectivity index (χ4v) is 7.75. The van der Waals surface area contributed by atoms with E-state index >= 15 is 0 Å². The fourth-order valence-electron chi connectivity index (χ4n) is 5.76. The molecule has 176 valence electrons. The van der Waals surface area contributed by atoms with Gasteiger partial charge in [-0.25, -0.2) is 0 Å². The van der Waals surface area contributed by atoms with E-state index in [0.717, 1.165) is 19.3 Å². The first-order chi connectivity index (χ1) is 15.4. The molecule has 32 heavy (non-hydrogen) atoms. The fraction of sp³-hybridized carbons (Fsp3) is 0.708. The SMILES string of the molecule is CCCCN1CC=C[C@]23S[C@@H]4C=CCN(CCC)C(=O)[C@@H]4[C@H]2C(=O)N([C@H](C)CO)C3C1=O. The second kappa shape index (κ2) is 9.21. The third-order valence-electron chi connectivity index (χ3n) is 7.28. The van der Waals surface area contributed by atoms with Gasteiger partial charge in [0.2, 0.25) is 17.7 Å². The zero-order valence-electron chi connectivity index (χ0n) is 19.3. The molecular weight excluding hydrogens is 426 g/mol. The Morgan fingerprint density at radius 3 is 2.47 bits per heavy atom. The lowest BCUT2D eigenvalue weighted by Gasteiger charge is -2.37. The van der Waals surface area contributed by atoms with Crippen LogP contribution in [0.4, 0.5) is 0 Å². The van der Waals surface area contributed by atoms with Crippen molar-refractivity contribution in [2.75, 3.05) is 32.8 Å². The summed E-state index contributed by atoms with van der Waals surface area (Å²) in [5.41, 5.74) is 0. The Kier molecular flexibility index (Phi) is 6.73. The Morgan fingerprint density at radius 2 is 1.78 bits per heavy atom. The molecule has 2 saturated heterocycles. The van der Waals surface area contributed by atoms with Gasteiger partial charge in [0.15, 0.2) is 0 Å². The van der Waals surface area contributed by atoms with Gasteiger partial charge in [-0.05, 0) is 19.8 Å². The van der Waals surface area contributed by atoms with Gasteiger partial charge in [0.05, 0.1) is 29.2 Å². The molecule has 6 atom stereocenters. The van der Waals surface area contributed by atoms with Gasteiger partial charge >= 0.3 is 0 Å². The van der Waals surface area contributed by atoms with Crippen LogP contribution in [-0.4, -0.2) is 92.4 Å². The minimum absolute atomic E-state index is 0.00904. The number of fused-ring (bicyclic) bond motifs is 2. The second-order valence-electron chi connectivity index (χ2n) is 9.37. The summed E-state index contributed by atoms with van der Waals surface area (Å²) in [6, 6.07) is -1.18. The molecule has 3 amide bonds. The van der Waals surface area contributed by atoms with E-state index in [1.54, 1.807) is 23.6 Å². The maximum Gasteiger partial charge on any atom is 0.247 e. The van der Waals surface area contributed by atoms with Crippen LogP contribution >= 0.6 is 11.8 Å². The van der Waals surface area contributed by atoms with Crippen molar-refractivity contribution in [3.63, 3.8) is 0 Å². The molecule has 0 aliphatic carbocycles. The number of carbonyl (C=O) groups excluding carboxylic acids is 3. The molecule has 0 saturated carbocycles. The van der Waals surface area contributed by atoms with Crippen molar-refractivity contribution in [1.29, 1.82) is 0 Å². The van der Waals surface area contributed by atoms with Gasteiger partial charge in [0.1, 0.15) is 6.04 Å². The average Bonchev–Trinajstić information content (AvgIpc) is 3.11. The van der Waals surface area contributed by atoms with Crippen LogP contribution in [0.3, 0.4) is 0 Å². The summed E-state index contributed by atoms with van der Waals surface area (Å²) in [4.78, 5) is 46.7. The van der Waals surface area contributed by atoms with Crippen molar-refractivity contribution in [3.05, 3.63) is 24.3 Å². The van der Waals surface area contributed by atoms with E-state index in [9.17, 15) is 19.5 Å². The number of likely N-dealkylation sites (tertiary alicyclic amines) is 1. The molecule has 8 heteroatoms. The highest BCUT2D eigenvalue weighted by Gasteiger charge is 2.71. The van der Waals surface area contributed by atoms with Gasteiger partial charge in [-0.1, -0.05) is 44.6 Å². The summed E-state index contributed by atoms with van der Waals surface area (Å²) in [5, 5.41) is 9.81. The lowest BCUT2D eigenvalue weighted by molar-refractivity contribution is -0.146. The van der Waals surface area contributed by atoms with Gasteiger partial charge < -0.3 is 19.8 Å². The first kappa shape index (κ1) is 23.4. The van der Waals surface area contributed by atoms with E-state index in [4.69, 9.17) is 0 Å². The summed E-state index contributed by atoms with van der Waals surface area (Å²) in [6.45, 7) is 8.09. The number of amides is 3. The molecule has 7 nitrogen and oxygen atoms in total. The number of nitrogens with zero attached hydrogens (tertiary/aromatic N) is 3. The number of carbonyl (C=O) groups is 3. The predicted molar refractivity (Wildman–Crippen MR) is 125 cm³/mol. The first-order valence-corrected chi connectivity index (χ1v) is 12.8. The molecular formula is C24H35N3O4S. The quantitative estimate of drug-likeness (QED) is 0.584. The van der Waals surface area contributed by atoms with Crippen LogP contribution in [0.25, 0.3) is 0 Å². The monoisotopic (exact) mass is 461 g/mol. The maximum atomic E-state index is 13.9. The Morgan fingerprint density at radius 1 is 1.06 bits per heavy atom. The topological polar surface area (TPSA) is 81.2 Å². The Bertz CT molecular complexity index is 830. The van der Waals surface area contributed by atoms with Crippen LogP contribution in [0.5, 0.6) is 0 Å². The van der Waals surface area contributed by atoms with Crippen molar-refractivity contribution in [1.82, 2.24) is 14.7 Å². The third kappa shape index (κ3) is 3.50. The molecule has 1 spiro atoms. The van der Waals surface area contributed by atoms with E-state index in [0.29, 0.717) is 26.2 Å². The van der Waals surface area contributed by atoms with E-state index in [1.807, 2.05) is 35.0 Å².